The van der Waals surface area contributed by atoms with Crippen molar-refractivity contribution in [3.05, 3.63) is 72.2 Å². The van der Waals surface area contributed by atoms with Crippen molar-refractivity contribution < 1.29 is 18.3 Å². The summed E-state index contributed by atoms with van der Waals surface area (Å²) < 4.78 is 31.8. The first kappa shape index (κ1) is 22.3. The van der Waals surface area contributed by atoms with Gasteiger partial charge in [-0.05, 0) is 55.2 Å². The van der Waals surface area contributed by atoms with Crippen LogP contribution in [0.4, 0.5) is 0 Å². The molecule has 174 valence electrons. The maximum absolute atomic E-state index is 11.8. The van der Waals surface area contributed by atoms with Gasteiger partial charge < -0.3 is 14.4 Å². The summed E-state index contributed by atoms with van der Waals surface area (Å²) in [5.74, 6) is 0.223. The van der Waals surface area contributed by atoms with Crippen molar-refractivity contribution in [1.29, 1.82) is 0 Å². The summed E-state index contributed by atoms with van der Waals surface area (Å²) in [5, 5.41) is 16.4. The fourth-order valence-electron chi connectivity index (χ4n) is 5.34. The standard InChI is InChI=1S/C25H29N3O4S/c26-33(30,31)25-8-4-1-5-18(25)15-32-19-11-9-17(10-12-19)24(29)13-22-20-6-2-3-7-21(20)23-14-27-16-28(22)23/h1-8,14,16-17,19,22,24,29H,9-13,15H2,(H2,26,30,31)/t17?,19?,22?,24-/m0/s1. The molecule has 3 aromatic rings. The molecule has 3 N–H and O–H groups in total. The number of hydrogen-bond donors (Lipinski definition) is 2. The third-order valence-corrected chi connectivity index (χ3v) is 8.09. The Balaban J connectivity index is 1.17. The number of hydrogen-bond acceptors (Lipinski definition) is 5. The number of imidazole rings is 1. The van der Waals surface area contributed by atoms with E-state index < -0.39 is 16.1 Å². The molecular weight excluding hydrogens is 438 g/mol. The van der Waals surface area contributed by atoms with Crippen LogP contribution in [0.15, 0.2) is 66.0 Å². The van der Waals surface area contributed by atoms with Crippen LogP contribution in [0.3, 0.4) is 0 Å². The Morgan fingerprint density at radius 2 is 1.82 bits per heavy atom. The lowest BCUT2D eigenvalue weighted by atomic mass is 9.81. The molecule has 2 atom stereocenters. The summed E-state index contributed by atoms with van der Waals surface area (Å²) in [6.07, 6.45) is 7.52. The number of aliphatic hydroxyl groups excluding tert-OH is 1. The number of aromatic nitrogens is 2. The van der Waals surface area contributed by atoms with Gasteiger partial charge in [-0.25, -0.2) is 18.5 Å². The largest absolute Gasteiger partial charge is 0.393 e. The van der Waals surface area contributed by atoms with Crippen LogP contribution in [0.1, 0.15) is 49.3 Å². The molecule has 0 saturated heterocycles. The Morgan fingerprint density at radius 1 is 1.09 bits per heavy atom. The zero-order valence-electron chi connectivity index (χ0n) is 18.4. The number of aliphatic hydroxyl groups is 1. The zero-order chi connectivity index (χ0) is 23.0. The smallest absolute Gasteiger partial charge is 0.238 e. The lowest BCUT2D eigenvalue weighted by molar-refractivity contribution is -0.0166. The molecule has 1 aromatic heterocycles. The number of rotatable bonds is 7. The van der Waals surface area contributed by atoms with Crippen LogP contribution < -0.4 is 5.14 Å². The van der Waals surface area contributed by atoms with Crippen molar-refractivity contribution in [3.63, 3.8) is 0 Å². The molecule has 1 aliphatic carbocycles. The van der Waals surface area contributed by atoms with Crippen molar-refractivity contribution in [2.24, 2.45) is 11.1 Å². The van der Waals surface area contributed by atoms with Gasteiger partial charge >= 0.3 is 0 Å². The summed E-state index contributed by atoms with van der Waals surface area (Å²) in [6, 6.07) is 15.1. The van der Waals surface area contributed by atoms with Crippen molar-refractivity contribution in [2.45, 2.75) is 61.9 Å². The first-order chi connectivity index (χ1) is 15.9. The van der Waals surface area contributed by atoms with Gasteiger partial charge in [-0.15, -0.1) is 0 Å². The number of benzene rings is 2. The van der Waals surface area contributed by atoms with E-state index in [9.17, 15) is 13.5 Å². The van der Waals surface area contributed by atoms with E-state index in [0.717, 1.165) is 31.4 Å². The van der Waals surface area contributed by atoms with E-state index in [0.29, 0.717) is 12.0 Å². The normalized spacial score (nSPS) is 23.2. The molecule has 33 heavy (non-hydrogen) atoms. The van der Waals surface area contributed by atoms with Gasteiger partial charge in [0.1, 0.15) is 0 Å². The fourth-order valence-corrected chi connectivity index (χ4v) is 6.10. The third-order valence-electron chi connectivity index (χ3n) is 7.08. The van der Waals surface area contributed by atoms with Crippen LogP contribution in [0.2, 0.25) is 0 Å². The first-order valence-electron chi connectivity index (χ1n) is 11.4. The molecule has 0 amide bonds. The quantitative estimate of drug-likeness (QED) is 0.552. The Hall–Kier alpha value is -2.52. The summed E-state index contributed by atoms with van der Waals surface area (Å²) >= 11 is 0. The van der Waals surface area contributed by atoms with Crippen LogP contribution in [-0.4, -0.2) is 35.3 Å². The minimum atomic E-state index is -3.78. The summed E-state index contributed by atoms with van der Waals surface area (Å²) in [5.41, 5.74) is 4.14. The molecule has 2 heterocycles. The predicted octanol–water partition coefficient (Wildman–Crippen LogP) is 3.63. The maximum atomic E-state index is 11.8. The predicted molar refractivity (Wildman–Crippen MR) is 125 cm³/mol. The first-order valence-corrected chi connectivity index (χ1v) is 13.0. The Bertz CT molecular complexity index is 1230. The highest BCUT2D eigenvalue weighted by Crippen LogP contribution is 2.42. The molecule has 5 rings (SSSR count). The van der Waals surface area contributed by atoms with Crippen LogP contribution in [-0.2, 0) is 21.4 Å². The van der Waals surface area contributed by atoms with E-state index >= 15 is 0 Å². The summed E-state index contributed by atoms with van der Waals surface area (Å²) in [6.45, 7) is 0.215. The van der Waals surface area contributed by atoms with Gasteiger partial charge in [-0.3, -0.25) is 0 Å². The minimum absolute atomic E-state index is 0.0504. The molecule has 2 aromatic carbocycles. The Labute approximate surface area is 194 Å². The molecule has 0 radical (unpaired) electrons. The van der Waals surface area contributed by atoms with Crippen molar-refractivity contribution >= 4 is 10.0 Å². The SMILES string of the molecule is NS(=O)(=O)c1ccccc1COC1CCC([C@@H](O)CC2c3ccccc3-c3cncn32)CC1. The van der Waals surface area contributed by atoms with Crippen molar-refractivity contribution in [3.8, 4) is 11.3 Å². The van der Waals surface area contributed by atoms with E-state index in [1.165, 1.54) is 17.2 Å². The minimum Gasteiger partial charge on any atom is -0.393 e. The average molecular weight is 468 g/mol. The van der Waals surface area contributed by atoms with Crippen LogP contribution in [0.25, 0.3) is 11.3 Å². The van der Waals surface area contributed by atoms with Gasteiger partial charge in [0.25, 0.3) is 0 Å². The zero-order valence-corrected chi connectivity index (χ0v) is 19.2. The number of fused-ring (bicyclic) bond motifs is 3. The van der Waals surface area contributed by atoms with Crippen LogP contribution in [0.5, 0.6) is 0 Å². The topological polar surface area (TPSA) is 107 Å². The number of sulfonamides is 1. The molecule has 8 heteroatoms. The number of nitrogens with zero attached hydrogens (tertiary/aromatic N) is 2. The lowest BCUT2D eigenvalue weighted by Gasteiger charge is -2.33. The van der Waals surface area contributed by atoms with E-state index in [2.05, 4.69) is 27.8 Å². The van der Waals surface area contributed by atoms with E-state index in [-0.39, 0.29) is 29.6 Å². The molecular formula is C25H29N3O4S. The third kappa shape index (κ3) is 4.48. The van der Waals surface area contributed by atoms with E-state index in [1.807, 2.05) is 18.6 Å². The highest BCUT2D eigenvalue weighted by Gasteiger charge is 2.33. The average Bonchev–Trinajstić information content (AvgIpc) is 3.40. The molecule has 0 bridgehead atoms. The Kier molecular flexibility index (Phi) is 6.09. The van der Waals surface area contributed by atoms with Gasteiger partial charge in [-0.1, -0.05) is 42.5 Å². The molecule has 1 aliphatic heterocycles. The fraction of sp³-hybridized carbons (Fsp3) is 0.400. The second-order valence-corrected chi connectivity index (χ2v) is 10.6. The van der Waals surface area contributed by atoms with E-state index in [4.69, 9.17) is 9.88 Å². The molecule has 1 saturated carbocycles. The van der Waals surface area contributed by atoms with Crippen LogP contribution in [0, 0.1) is 5.92 Å². The van der Waals surface area contributed by atoms with Crippen LogP contribution >= 0.6 is 0 Å². The highest BCUT2D eigenvalue weighted by atomic mass is 32.2. The highest BCUT2D eigenvalue weighted by molar-refractivity contribution is 7.89. The lowest BCUT2D eigenvalue weighted by Crippen LogP contribution is -2.30. The number of ether oxygens (including phenoxy) is 1. The van der Waals surface area contributed by atoms with E-state index in [1.54, 1.807) is 18.2 Å². The summed E-state index contributed by atoms with van der Waals surface area (Å²) in [7, 11) is -3.78. The second kappa shape index (κ2) is 9.02. The van der Waals surface area contributed by atoms with Gasteiger partial charge in [0, 0.05) is 5.56 Å². The van der Waals surface area contributed by atoms with Crippen molar-refractivity contribution in [1.82, 2.24) is 9.55 Å². The molecule has 1 fully saturated rings. The van der Waals surface area contributed by atoms with Gasteiger partial charge in [0.2, 0.25) is 10.0 Å². The molecule has 1 unspecified atom stereocenters. The van der Waals surface area contributed by atoms with Gasteiger partial charge in [0.15, 0.2) is 0 Å². The molecule has 0 spiro atoms. The maximum Gasteiger partial charge on any atom is 0.238 e. The molecule has 2 aliphatic rings. The molecule has 7 nitrogen and oxygen atoms in total. The van der Waals surface area contributed by atoms with Gasteiger partial charge in [0.05, 0.1) is 48.0 Å². The van der Waals surface area contributed by atoms with Crippen molar-refractivity contribution in [2.75, 3.05) is 0 Å². The number of nitrogens with two attached hydrogens (primary N) is 1. The Morgan fingerprint density at radius 3 is 2.61 bits per heavy atom. The summed E-state index contributed by atoms with van der Waals surface area (Å²) in [4.78, 5) is 4.42. The monoisotopic (exact) mass is 467 g/mol. The second-order valence-electron chi connectivity index (χ2n) is 9.09. The number of primary sulfonamides is 1. The van der Waals surface area contributed by atoms with Gasteiger partial charge in [-0.2, -0.15) is 0 Å².